The highest BCUT2D eigenvalue weighted by Gasteiger charge is 2.25. The minimum absolute atomic E-state index is 0.0723. The van der Waals surface area contributed by atoms with Crippen LogP contribution in [0.3, 0.4) is 0 Å². The molecular formula is C15H20N2O4S. The van der Waals surface area contributed by atoms with Crippen LogP contribution in [0, 0.1) is 0 Å². The largest absolute Gasteiger partial charge is 0.450 e. The number of carbonyl (C=O) groups is 2. The van der Waals surface area contributed by atoms with Gasteiger partial charge in [0.1, 0.15) is 0 Å². The molecule has 1 unspecified atom stereocenters. The lowest BCUT2D eigenvalue weighted by Crippen LogP contribution is -2.50. The van der Waals surface area contributed by atoms with E-state index < -0.39 is 10.8 Å². The Bertz CT molecular complexity index is 565. The molecular weight excluding hydrogens is 304 g/mol. The molecule has 0 bridgehead atoms. The molecule has 120 valence electrons. The average Bonchev–Trinajstić information content (AvgIpc) is 2.54. The summed E-state index contributed by atoms with van der Waals surface area (Å²) in [5.74, 6) is -0.0723. The minimum atomic E-state index is -1.05. The average molecular weight is 324 g/mol. The summed E-state index contributed by atoms with van der Waals surface area (Å²) < 4.78 is 16.3. The van der Waals surface area contributed by atoms with E-state index in [0.717, 1.165) is 0 Å². The molecule has 0 saturated carbocycles. The molecule has 0 N–H and O–H groups in total. The lowest BCUT2D eigenvalue weighted by Gasteiger charge is -2.34. The maximum Gasteiger partial charge on any atom is 0.409 e. The van der Waals surface area contributed by atoms with Gasteiger partial charge in [-0.05, 0) is 31.2 Å². The Morgan fingerprint density at radius 1 is 1.09 bits per heavy atom. The fourth-order valence-electron chi connectivity index (χ4n) is 2.28. The second-order valence-corrected chi connectivity index (χ2v) is 6.34. The number of amides is 2. The highest BCUT2D eigenvalue weighted by Crippen LogP contribution is 2.12. The standard InChI is InChI=1S/C15H20N2O4S/c1-3-21-15(19)17-10-8-16(9-11-17)14(18)12-4-6-13(7-5-12)22(2)20/h4-7H,3,8-11H2,1-2H3. The molecule has 1 saturated heterocycles. The van der Waals surface area contributed by atoms with Crippen molar-refractivity contribution in [1.82, 2.24) is 9.80 Å². The predicted molar refractivity (Wildman–Crippen MR) is 83.3 cm³/mol. The van der Waals surface area contributed by atoms with Crippen LogP contribution in [0.15, 0.2) is 29.2 Å². The monoisotopic (exact) mass is 324 g/mol. The lowest BCUT2D eigenvalue weighted by molar-refractivity contribution is 0.0570. The molecule has 1 aromatic rings. The van der Waals surface area contributed by atoms with E-state index in [0.29, 0.717) is 43.2 Å². The van der Waals surface area contributed by atoms with E-state index in [1.165, 1.54) is 0 Å². The summed E-state index contributed by atoms with van der Waals surface area (Å²) in [4.78, 5) is 28.0. The maximum absolute atomic E-state index is 12.4. The van der Waals surface area contributed by atoms with Gasteiger partial charge in [-0.15, -0.1) is 0 Å². The number of hydrogen-bond donors (Lipinski definition) is 0. The molecule has 1 aromatic carbocycles. The van der Waals surface area contributed by atoms with Crippen molar-refractivity contribution in [2.75, 3.05) is 39.0 Å². The van der Waals surface area contributed by atoms with Gasteiger partial charge in [0, 0.05) is 53.7 Å². The quantitative estimate of drug-likeness (QED) is 0.841. The van der Waals surface area contributed by atoms with E-state index in [9.17, 15) is 13.8 Å². The number of ether oxygens (including phenoxy) is 1. The summed E-state index contributed by atoms with van der Waals surface area (Å²) in [6, 6.07) is 6.80. The van der Waals surface area contributed by atoms with Gasteiger partial charge in [0.2, 0.25) is 0 Å². The van der Waals surface area contributed by atoms with Crippen LogP contribution in [-0.2, 0) is 15.5 Å². The Kier molecular flexibility index (Phi) is 5.54. The Morgan fingerprint density at radius 3 is 2.14 bits per heavy atom. The third-order valence-corrected chi connectivity index (χ3v) is 4.46. The fourth-order valence-corrected chi connectivity index (χ4v) is 2.80. The number of rotatable bonds is 3. The smallest absolute Gasteiger partial charge is 0.409 e. The number of nitrogens with zero attached hydrogens (tertiary/aromatic N) is 2. The summed E-state index contributed by atoms with van der Waals surface area (Å²) in [7, 11) is -1.05. The molecule has 0 radical (unpaired) electrons. The van der Waals surface area contributed by atoms with Crippen LogP contribution >= 0.6 is 0 Å². The molecule has 0 aliphatic carbocycles. The van der Waals surface area contributed by atoms with Crippen LogP contribution in [0.25, 0.3) is 0 Å². The van der Waals surface area contributed by atoms with Crippen LogP contribution in [0.2, 0.25) is 0 Å². The zero-order valence-corrected chi connectivity index (χ0v) is 13.6. The first-order valence-electron chi connectivity index (χ1n) is 7.17. The summed E-state index contributed by atoms with van der Waals surface area (Å²) in [5, 5.41) is 0. The Hall–Kier alpha value is -1.89. The zero-order valence-electron chi connectivity index (χ0n) is 12.8. The van der Waals surface area contributed by atoms with E-state index in [1.807, 2.05) is 0 Å². The summed E-state index contributed by atoms with van der Waals surface area (Å²) >= 11 is 0. The summed E-state index contributed by atoms with van der Waals surface area (Å²) in [6.45, 7) is 4.04. The minimum Gasteiger partial charge on any atom is -0.450 e. The first kappa shape index (κ1) is 16.5. The van der Waals surface area contributed by atoms with Gasteiger partial charge in [-0.25, -0.2) is 4.79 Å². The molecule has 0 aromatic heterocycles. The highest BCUT2D eigenvalue weighted by molar-refractivity contribution is 7.84. The first-order valence-corrected chi connectivity index (χ1v) is 8.73. The van der Waals surface area contributed by atoms with E-state index in [1.54, 1.807) is 47.2 Å². The first-order chi connectivity index (χ1) is 10.5. The second-order valence-electron chi connectivity index (χ2n) is 4.96. The molecule has 0 spiro atoms. The van der Waals surface area contributed by atoms with E-state index >= 15 is 0 Å². The topological polar surface area (TPSA) is 66.9 Å². The van der Waals surface area contributed by atoms with Crippen molar-refractivity contribution in [2.24, 2.45) is 0 Å². The fraction of sp³-hybridized carbons (Fsp3) is 0.467. The SMILES string of the molecule is CCOC(=O)N1CCN(C(=O)c2ccc(S(C)=O)cc2)CC1. The molecule has 22 heavy (non-hydrogen) atoms. The van der Waals surface area contributed by atoms with Crippen LogP contribution in [0.1, 0.15) is 17.3 Å². The number of carbonyl (C=O) groups excluding carboxylic acids is 2. The molecule has 1 atom stereocenters. The van der Waals surface area contributed by atoms with Crippen LogP contribution < -0.4 is 0 Å². The molecule has 6 nitrogen and oxygen atoms in total. The van der Waals surface area contributed by atoms with Crippen molar-refractivity contribution in [3.05, 3.63) is 29.8 Å². The van der Waals surface area contributed by atoms with Crippen molar-refractivity contribution in [1.29, 1.82) is 0 Å². The molecule has 2 rings (SSSR count). The summed E-state index contributed by atoms with van der Waals surface area (Å²) in [6.07, 6.45) is 1.27. The number of piperazine rings is 1. The Morgan fingerprint density at radius 2 is 1.64 bits per heavy atom. The highest BCUT2D eigenvalue weighted by atomic mass is 32.2. The van der Waals surface area contributed by atoms with Gasteiger partial charge in [-0.3, -0.25) is 9.00 Å². The van der Waals surface area contributed by atoms with Crippen molar-refractivity contribution in [2.45, 2.75) is 11.8 Å². The number of hydrogen-bond acceptors (Lipinski definition) is 4. The molecule has 1 fully saturated rings. The van der Waals surface area contributed by atoms with Gasteiger partial charge < -0.3 is 14.5 Å². The third-order valence-electron chi connectivity index (χ3n) is 3.53. The molecule has 7 heteroatoms. The van der Waals surface area contributed by atoms with Gasteiger partial charge in [-0.2, -0.15) is 0 Å². The zero-order chi connectivity index (χ0) is 16.1. The van der Waals surface area contributed by atoms with Gasteiger partial charge in [0.15, 0.2) is 0 Å². The molecule has 2 amide bonds. The third kappa shape index (κ3) is 3.85. The van der Waals surface area contributed by atoms with Gasteiger partial charge in [0.05, 0.1) is 6.61 Å². The van der Waals surface area contributed by atoms with Gasteiger partial charge in [0.25, 0.3) is 5.91 Å². The van der Waals surface area contributed by atoms with Crippen molar-refractivity contribution < 1.29 is 18.5 Å². The molecule has 1 aliphatic heterocycles. The Balaban J connectivity index is 1.94. The van der Waals surface area contributed by atoms with Crippen LogP contribution in [0.5, 0.6) is 0 Å². The maximum atomic E-state index is 12.4. The molecule has 1 aliphatic rings. The van der Waals surface area contributed by atoms with E-state index in [-0.39, 0.29) is 12.0 Å². The normalized spacial score (nSPS) is 16.3. The van der Waals surface area contributed by atoms with Gasteiger partial charge in [-0.1, -0.05) is 0 Å². The van der Waals surface area contributed by atoms with Crippen molar-refractivity contribution in [3.63, 3.8) is 0 Å². The number of benzene rings is 1. The lowest BCUT2D eigenvalue weighted by atomic mass is 10.2. The Labute approximate surface area is 132 Å². The van der Waals surface area contributed by atoms with E-state index in [2.05, 4.69) is 0 Å². The predicted octanol–water partition coefficient (Wildman–Crippen LogP) is 1.34. The van der Waals surface area contributed by atoms with Crippen molar-refractivity contribution >= 4 is 22.8 Å². The second kappa shape index (κ2) is 7.40. The van der Waals surface area contributed by atoms with E-state index in [4.69, 9.17) is 4.74 Å². The molecule has 1 heterocycles. The van der Waals surface area contributed by atoms with Gasteiger partial charge >= 0.3 is 6.09 Å². The van der Waals surface area contributed by atoms with Crippen molar-refractivity contribution in [3.8, 4) is 0 Å². The summed E-state index contributed by atoms with van der Waals surface area (Å²) in [5.41, 5.74) is 0.568. The van der Waals surface area contributed by atoms with Crippen LogP contribution in [-0.4, -0.2) is 65.1 Å². The van der Waals surface area contributed by atoms with Crippen LogP contribution in [0.4, 0.5) is 4.79 Å².